The molecule has 4 nitrogen and oxygen atoms in total. The van der Waals surface area contributed by atoms with Crippen LogP contribution >= 0.6 is 0 Å². The predicted molar refractivity (Wildman–Crippen MR) is 22.1 cm³/mol. The fourth-order valence-electron chi connectivity index (χ4n) is 0.0481. The Bertz CT molecular complexity index is 46.1. The van der Waals surface area contributed by atoms with Crippen LogP contribution in [0.2, 0.25) is 0 Å². The lowest BCUT2D eigenvalue weighted by Crippen LogP contribution is -2.35. The number of aliphatic hydroxyl groups excluding tert-OH is 1. The van der Waals surface area contributed by atoms with Gasteiger partial charge in [0.1, 0.15) is 0 Å². The molecule has 0 amide bonds. The second kappa shape index (κ2) is 2.77. The summed E-state index contributed by atoms with van der Waals surface area (Å²) in [4.78, 5) is 0. The monoisotopic (exact) mass is 89.1 g/mol. The number of hydrogen-bond donors (Lipinski definition) is 4. The SMILES string of the molecule is N=CC(O)NN. The molecular weight excluding hydrogens is 82.0 g/mol. The zero-order valence-electron chi connectivity index (χ0n) is 3.18. The highest BCUT2D eigenvalue weighted by molar-refractivity contribution is 5.57. The zero-order valence-corrected chi connectivity index (χ0v) is 3.18. The molecule has 0 radical (unpaired) electrons. The molecule has 0 spiro atoms. The second-order valence-corrected chi connectivity index (χ2v) is 0.778. The van der Waals surface area contributed by atoms with Crippen molar-refractivity contribution in [2.75, 3.05) is 0 Å². The van der Waals surface area contributed by atoms with Crippen molar-refractivity contribution in [1.29, 1.82) is 5.41 Å². The van der Waals surface area contributed by atoms with Crippen LogP contribution in [0.25, 0.3) is 0 Å². The van der Waals surface area contributed by atoms with Gasteiger partial charge in [0.25, 0.3) is 0 Å². The third-order valence-corrected chi connectivity index (χ3v) is 0.329. The average molecular weight is 89.1 g/mol. The number of nitrogens with two attached hydrogens (primary N) is 1. The van der Waals surface area contributed by atoms with Gasteiger partial charge < -0.3 is 10.5 Å². The molecule has 0 aromatic rings. The van der Waals surface area contributed by atoms with Crippen LogP contribution < -0.4 is 11.3 Å². The van der Waals surface area contributed by atoms with Crippen molar-refractivity contribution in [2.45, 2.75) is 6.23 Å². The van der Waals surface area contributed by atoms with Gasteiger partial charge in [-0.2, -0.15) is 0 Å². The van der Waals surface area contributed by atoms with Crippen molar-refractivity contribution in [3.63, 3.8) is 0 Å². The van der Waals surface area contributed by atoms with Crippen LogP contribution in [0, 0.1) is 5.41 Å². The Hall–Kier alpha value is -0.450. The van der Waals surface area contributed by atoms with E-state index in [1.54, 1.807) is 0 Å². The third-order valence-electron chi connectivity index (χ3n) is 0.329. The molecule has 6 heavy (non-hydrogen) atoms. The van der Waals surface area contributed by atoms with Gasteiger partial charge in [0.2, 0.25) is 0 Å². The van der Waals surface area contributed by atoms with E-state index < -0.39 is 6.23 Å². The van der Waals surface area contributed by atoms with Crippen LogP contribution in [-0.2, 0) is 0 Å². The first-order valence-corrected chi connectivity index (χ1v) is 1.46. The lowest BCUT2D eigenvalue weighted by Gasteiger charge is -1.95. The molecule has 0 bridgehead atoms. The normalized spacial score (nSPS) is 13.7. The van der Waals surface area contributed by atoms with Crippen molar-refractivity contribution in [3.8, 4) is 0 Å². The van der Waals surface area contributed by atoms with Crippen LogP contribution in [0.3, 0.4) is 0 Å². The molecule has 0 aromatic carbocycles. The van der Waals surface area contributed by atoms with E-state index in [0.29, 0.717) is 0 Å². The quantitative estimate of drug-likeness (QED) is 0.142. The molecule has 0 rings (SSSR count). The Morgan fingerprint density at radius 3 is 2.50 bits per heavy atom. The molecule has 0 saturated carbocycles. The smallest absolute Gasteiger partial charge is 0.152 e. The van der Waals surface area contributed by atoms with Crippen LogP contribution in [0.4, 0.5) is 0 Å². The van der Waals surface area contributed by atoms with Gasteiger partial charge in [0.05, 0.1) is 0 Å². The molecule has 4 heteroatoms. The van der Waals surface area contributed by atoms with Gasteiger partial charge >= 0.3 is 0 Å². The van der Waals surface area contributed by atoms with Gasteiger partial charge in [0, 0.05) is 6.21 Å². The largest absolute Gasteiger partial charge is 0.372 e. The number of hydrazine groups is 1. The molecule has 0 aromatic heterocycles. The molecule has 5 N–H and O–H groups in total. The van der Waals surface area contributed by atoms with Gasteiger partial charge in [0.15, 0.2) is 6.23 Å². The summed E-state index contributed by atoms with van der Waals surface area (Å²) in [6.45, 7) is 0. The standard InChI is InChI=1S/C2H7N3O/c3-1-2(6)5-4/h1-3,5-6H,4H2. The predicted octanol–water partition coefficient (Wildman–Crippen LogP) is -1.58. The van der Waals surface area contributed by atoms with E-state index in [-0.39, 0.29) is 0 Å². The number of hydrogen-bond acceptors (Lipinski definition) is 4. The van der Waals surface area contributed by atoms with E-state index in [9.17, 15) is 0 Å². The highest BCUT2D eigenvalue weighted by Gasteiger charge is 1.86. The van der Waals surface area contributed by atoms with E-state index in [1.807, 2.05) is 5.43 Å². The van der Waals surface area contributed by atoms with Crippen molar-refractivity contribution in [3.05, 3.63) is 0 Å². The van der Waals surface area contributed by atoms with Crippen LogP contribution in [0.1, 0.15) is 0 Å². The number of nitrogens with one attached hydrogen (secondary N) is 2. The zero-order chi connectivity index (χ0) is 4.99. The fourth-order valence-corrected chi connectivity index (χ4v) is 0.0481. The average Bonchev–Trinajstić information content (AvgIpc) is 1.65. The summed E-state index contributed by atoms with van der Waals surface area (Å²) in [6.07, 6.45) is -0.204. The summed E-state index contributed by atoms with van der Waals surface area (Å²) >= 11 is 0. The van der Waals surface area contributed by atoms with E-state index in [2.05, 4.69) is 5.84 Å². The van der Waals surface area contributed by atoms with E-state index in [0.717, 1.165) is 6.21 Å². The molecule has 0 aliphatic carbocycles. The van der Waals surface area contributed by atoms with E-state index in [1.165, 1.54) is 0 Å². The number of aliphatic hydroxyl groups is 1. The summed E-state index contributed by atoms with van der Waals surface area (Å²) in [5.41, 5.74) is 1.93. The van der Waals surface area contributed by atoms with Crippen molar-refractivity contribution >= 4 is 6.21 Å². The van der Waals surface area contributed by atoms with Gasteiger partial charge in [-0.15, -0.1) is 0 Å². The lowest BCUT2D eigenvalue weighted by molar-refractivity contribution is 0.208. The minimum Gasteiger partial charge on any atom is -0.372 e. The summed E-state index contributed by atoms with van der Waals surface area (Å²) in [7, 11) is 0. The van der Waals surface area contributed by atoms with Crippen molar-refractivity contribution in [1.82, 2.24) is 5.43 Å². The van der Waals surface area contributed by atoms with Gasteiger partial charge in [-0.1, -0.05) is 0 Å². The summed E-state index contributed by atoms with van der Waals surface area (Å²) < 4.78 is 0. The molecule has 1 unspecified atom stereocenters. The van der Waals surface area contributed by atoms with Gasteiger partial charge in [-0.3, -0.25) is 5.84 Å². The second-order valence-electron chi connectivity index (χ2n) is 0.778. The first-order chi connectivity index (χ1) is 2.81. The summed E-state index contributed by atoms with van der Waals surface area (Å²) in [5.74, 6) is 4.63. The van der Waals surface area contributed by atoms with Gasteiger partial charge in [-0.05, 0) is 0 Å². The maximum Gasteiger partial charge on any atom is 0.152 e. The fraction of sp³-hybridized carbons (Fsp3) is 0.500. The molecule has 0 aliphatic heterocycles. The Balaban J connectivity index is 2.96. The van der Waals surface area contributed by atoms with Gasteiger partial charge in [-0.25, -0.2) is 5.43 Å². The Morgan fingerprint density at radius 1 is 2.00 bits per heavy atom. The molecule has 0 saturated heterocycles. The van der Waals surface area contributed by atoms with E-state index in [4.69, 9.17) is 10.5 Å². The summed E-state index contributed by atoms with van der Waals surface area (Å²) in [5, 5.41) is 14.5. The third kappa shape index (κ3) is 1.83. The van der Waals surface area contributed by atoms with Crippen molar-refractivity contribution in [2.24, 2.45) is 5.84 Å². The highest BCUT2D eigenvalue weighted by atomic mass is 16.3. The van der Waals surface area contributed by atoms with Crippen LogP contribution in [0.15, 0.2) is 0 Å². The topological polar surface area (TPSA) is 82.1 Å². The van der Waals surface area contributed by atoms with Crippen LogP contribution in [-0.4, -0.2) is 17.5 Å². The Kier molecular flexibility index (Phi) is 2.56. The van der Waals surface area contributed by atoms with Crippen molar-refractivity contribution < 1.29 is 5.11 Å². The van der Waals surface area contributed by atoms with E-state index >= 15 is 0 Å². The van der Waals surface area contributed by atoms with Crippen LogP contribution in [0.5, 0.6) is 0 Å². The molecule has 0 fully saturated rings. The Labute approximate surface area is 35.4 Å². The number of rotatable bonds is 2. The molecule has 1 atom stereocenters. The maximum absolute atomic E-state index is 8.19. The first kappa shape index (κ1) is 5.55. The summed E-state index contributed by atoms with van der Waals surface area (Å²) in [6, 6.07) is 0. The molecular formula is C2H7N3O. The minimum absolute atomic E-state index is 0.792. The lowest BCUT2D eigenvalue weighted by atomic mass is 10.7. The minimum atomic E-state index is -0.995. The molecule has 36 valence electrons. The maximum atomic E-state index is 8.19. The Morgan fingerprint density at radius 2 is 2.50 bits per heavy atom. The first-order valence-electron chi connectivity index (χ1n) is 1.46. The molecule has 0 aliphatic rings. The highest BCUT2D eigenvalue weighted by Crippen LogP contribution is 1.55. The molecule has 0 heterocycles.